The number of hydrogen-bond acceptors (Lipinski definition) is 4. The Morgan fingerprint density at radius 3 is 2.81 bits per heavy atom. The molecule has 2 aromatic heterocycles. The number of amides is 1. The standard InChI is InChI=1S/C15H11BrN2O2S/c1-9-13(18-15(21-9)12-7-4-8-20-12)14(19)17-11-6-3-2-5-10(11)16/h2-8H,1H3,(H,17,19). The van der Waals surface area contributed by atoms with Crippen LogP contribution in [0.2, 0.25) is 0 Å². The number of aromatic nitrogens is 1. The number of thiazole rings is 1. The van der Waals surface area contributed by atoms with Crippen molar-refractivity contribution in [2.75, 3.05) is 5.32 Å². The van der Waals surface area contributed by atoms with Gasteiger partial charge in [-0.15, -0.1) is 11.3 Å². The highest BCUT2D eigenvalue weighted by Crippen LogP contribution is 2.29. The van der Waals surface area contributed by atoms with E-state index in [2.05, 4.69) is 26.2 Å². The Morgan fingerprint density at radius 1 is 1.29 bits per heavy atom. The van der Waals surface area contributed by atoms with Crippen LogP contribution in [0.1, 0.15) is 15.4 Å². The summed E-state index contributed by atoms with van der Waals surface area (Å²) in [5.41, 5.74) is 1.14. The number of halogens is 1. The summed E-state index contributed by atoms with van der Waals surface area (Å²) in [6.07, 6.45) is 1.59. The molecule has 4 nitrogen and oxygen atoms in total. The molecular formula is C15H11BrN2O2S. The number of carbonyl (C=O) groups excluding carboxylic acids is 1. The third-order valence-electron chi connectivity index (χ3n) is 2.87. The minimum absolute atomic E-state index is 0.228. The quantitative estimate of drug-likeness (QED) is 0.732. The van der Waals surface area contributed by atoms with Crippen molar-refractivity contribution in [2.45, 2.75) is 6.92 Å². The van der Waals surface area contributed by atoms with Crippen molar-refractivity contribution in [3.8, 4) is 10.8 Å². The third-order valence-corrected chi connectivity index (χ3v) is 4.54. The van der Waals surface area contributed by atoms with E-state index < -0.39 is 0 Å². The molecule has 3 rings (SSSR count). The molecule has 6 heteroatoms. The molecule has 0 fully saturated rings. The van der Waals surface area contributed by atoms with E-state index in [1.54, 1.807) is 12.3 Å². The minimum Gasteiger partial charge on any atom is -0.462 e. The summed E-state index contributed by atoms with van der Waals surface area (Å²) in [5, 5.41) is 3.56. The van der Waals surface area contributed by atoms with Gasteiger partial charge in [-0.1, -0.05) is 12.1 Å². The smallest absolute Gasteiger partial charge is 0.275 e. The molecule has 0 bridgehead atoms. The molecular weight excluding hydrogens is 352 g/mol. The van der Waals surface area contributed by atoms with E-state index in [-0.39, 0.29) is 5.91 Å². The number of nitrogens with zero attached hydrogens (tertiary/aromatic N) is 1. The third kappa shape index (κ3) is 2.91. The first-order valence-electron chi connectivity index (χ1n) is 6.22. The number of furan rings is 1. The second-order valence-electron chi connectivity index (χ2n) is 4.34. The average Bonchev–Trinajstić information content (AvgIpc) is 3.10. The van der Waals surface area contributed by atoms with Crippen LogP contribution < -0.4 is 5.32 Å². The number of anilines is 1. The molecule has 0 aliphatic rings. The SMILES string of the molecule is Cc1sc(-c2ccco2)nc1C(=O)Nc1ccccc1Br. The van der Waals surface area contributed by atoms with Gasteiger partial charge in [0.1, 0.15) is 5.69 Å². The Morgan fingerprint density at radius 2 is 2.10 bits per heavy atom. The van der Waals surface area contributed by atoms with Crippen molar-refractivity contribution in [1.29, 1.82) is 0 Å². The molecule has 0 unspecified atom stereocenters. The van der Waals surface area contributed by atoms with Crippen molar-refractivity contribution >= 4 is 38.9 Å². The number of aryl methyl sites for hydroxylation is 1. The van der Waals surface area contributed by atoms with Crippen LogP contribution in [0.15, 0.2) is 51.6 Å². The molecule has 0 aliphatic carbocycles. The zero-order valence-electron chi connectivity index (χ0n) is 11.1. The van der Waals surface area contributed by atoms with Crippen LogP contribution in [-0.4, -0.2) is 10.9 Å². The first-order chi connectivity index (χ1) is 10.1. The summed E-state index contributed by atoms with van der Waals surface area (Å²) in [6.45, 7) is 1.87. The van der Waals surface area contributed by atoms with Crippen LogP contribution in [0.5, 0.6) is 0 Å². The van der Waals surface area contributed by atoms with Gasteiger partial charge in [0, 0.05) is 9.35 Å². The maximum atomic E-state index is 12.4. The summed E-state index contributed by atoms with van der Waals surface area (Å²) >= 11 is 4.84. The minimum atomic E-state index is -0.228. The molecule has 0 atom stereocenters. The maximum Gasteiger partial charge on any atom is 0.275 e. The van der Waals surface area contributed by atoms with Crippen molar-refractivity contribution in [2.24, 2.45) is 0 Å². The fourth-order valence-corrected chi connectivity index (χ4v) is 3.12. The van der Waals surface area contributed by atoms with E-state index >= 15 is 0 Å². The molecule has 0 spiro atoms. The molecule has 0 saturated carbocycles. The van der Waals surface area contributed by atoms with Crippen molar-refractivity contribution in [1.82, 2.24) is 4.98 Å². The van der Waals surface area contributed by atoms with E-state index in [1.165, 1.54) is 11.3 Å². The van der Waals surface area contributed by atoms with Gasteiger partial charge in [0.2, 0.25) is 0 Å². The monoisotopic (exact) mass is 362 g/mol. The Hall–Kier alpha value is -1.92. The second kappa shape index (κ2) is 5.83. The number of para-hydroxylation sites is 1. The summed E-state index contributed by atoms with van der Waals surface area (Å²) in [7, 11) is 0. The fraction of sp³-hybridized carbons (Fsp3) is 0.0667. The van der Waals surface area contributed by atoms with E-state index in [9.17, 15) is 4.79 Å². The van der Waals surface area contributed by atoms with E-state index in [1.807, 2.05) is 37.3 Å². The highest BCUT2D eigenvalue weighted by atomic mass is 79.9. The predicted octanol–water partition coefficient (Wildman–Crippen LogP) is 4.73. The Bertz CT molecular complexity index is 781. The van der Waals surface area contributed by atoms with Crippen LogP contribution in [0.25, 0.3) is 10.8 Å². The lowest BCUT2D eigenvalue weighted by atomic mass is 10.3. The average molecular weight is 363 g/mol. The second-order valence-corrected chi connectivity index (χ2v) is 6.39. The molecule has 1 amide bonds. The van der Waals surface area contributed by atoms with Gasteiger partial charge >= 0.3 is 0 Å². The Labute approximate surface area is 134 Å². The van der Waals surface area contributed by atoms with Gasteiger partial charge in [0.15, 0.2) is 10.8 Å². The van der Waals surface area contributed by atoms with Crippen molar-refractivity contribution in [3.05, 3.63) is 57.7 Å². The van der Waals surface area contributed by atoms with Gasteiger partial charge in [0.05, 0.1) is 12.0 Å². The maximum absolute atomic E-state index is 12.4. The number of rotatable bonds is 3. The molecule has 0 radical (unpaired) electrons. The van der Waals surface area contributed by atoms with E-state index in [0.29, 0.717) is 16.5 Å². The largest absolute Gasteiger partial charge is 0.462 e. The molecule has 106 valence electrons. The lowest BCUT2D eigenvalue weighted by molar-refractivity contribution is 0.102. The van der Waals surface area contributed by atoms with Crippen LogP contribution >= 0.6 is 27.3 Å². The summed E-state index contributed by atoms with van der Waals surface area (Å²) in [4.78, 5) is 17.6. The van der Waals surface area contributed by atoms with Gasteiger partial charge < -0.3 is 9.73 Å². The first kappa shape index (κ1) is 14.0. The predicted molar refractivity (Wildman–Crippen MR) is 86.6 cm³/mol. The lowest BCUT2D eigenvalue weighted by Gasteiger charge is -2.05. The van der Waals surface area contributed by atoms with Gasteiger partial charge in [-0.25, -0.2) is 4.98 Å². The molecule has 1 N–H and O–H groups in total. The Balaban J connectivity index is 1.87. The summed E-state index contributed by atoms with van der Waals surface area (Å²) in [5.74, 6) is 0.441. The van der Waals surface area contributed by atoms with Crippen LogP contribution in [0.3, 0.4) is 0 Å². The van der Waals surface area contributed by atoms with E-state index in [4.69, 9.17) is 4.42 Å². The molecule has 2 heterocycles. The summed E-state index contributed by atoms with van der Waals surface area (Å²) < 4.78 is 6.14. The van der Waals surface area contributed by atoms with Crippen LogP contribution in [0.4, 0.5) is 5.69 Å². The summed E-state index contributed by atoms with van der Waals surface area (Å²) in [6, 6.07) is 11.1. The highest BCUT2D eigenvalue weighted by molar-refractivity contribution is 9.10. The van der Waals surface area contributed by atoms with Gasteiger partial charge in [-0.3, -0.25) is 4.79 Å². The molecule has 0 aliphatic heterocycles. The zero-order chi connectivity index (χ0) is 14.8. The van der Waals surface area contributed by atoms with Crippen LogP contribution in [-0.2, 0) is 0 Å². The highest BCUT2D eigenvalue weighted by Gasteiger charge is 2.18. The molecule has 21 heavy (non-hydrogen) atoms. The molecule has 0 saturated heterocycles. The lowest BCUT2D eigenvalue weighted by Crippen LogP contribution is -2.13. The Kier molecular flexibility index (Phi) is 3.90. The van der Waals surface area contributed by atoms with Gasteiger partial charge in [-0.05, 0) is 47.1 Å². The number of benzene rings is 1. The van der Waals surface area contributed by atoms with Crippen LogP contribution in [0, 0.1) is 6.92 Å². The molecule has 1 aromatic carbocycles. The van der Waals surface area contributed by atoms with Gasteiger partial charge in [-0.2, -0.15) is 0 Å². The fourth-order valence-electron chi connectivity index (χ4n) is 1.86. The van der Waals surface area contributed by atoms with Crippen molar-refractivity contribution < 1.29 is 9.21 Å². The number of nitrogens with one attached hydrogen (secondary N) is 1. The topological polar surface area (TPSA) is 55.1 Å². The number of carbonyl (C=O) groups is 1. The van der Waals surface area contributed by atoms with Crippen molar-refractivity contribution in [3.63, 3.8) is 0 Å². The van der Waals surface area contributed by atoms with E-state index in [0.717, 1.165) is 15.0 Å². The zero-order valence-corrected chi connectivity index (χ0v) is 13.5. The molecule has 3 aromatic rings. The van der Waals surface area contributed by atoms with Gasteiger partial charge in [0.25, 0.3) is 5.91 Å². The number of hydrogen-bond donors (Lipinski definition) is 1. The normalized spacial score (nSPS) is 10.6. The first-order valence-corrected chi connectivity index (χ1v) is 7.83.